The second-order valence-electron chi connectivity index (χ2n) is 8.47. The zero-order valence-corrected chi connectivity index (χ0v) is 19.1. The van der Waals surface area contributed by atoms with Crippen LogP contribution in [0.4, 0.5) is 14.9 Å². The van der Waals surface area contributed by atoms with E-state index >= 15 is 0 Å². The van der Waals surface area contributed by atoms with Crippen molar-refractivity contribution < 1.29 is 23.8 Å². The van der Waals surface area contributed by atoms with Crippen LogP contribution in [0, 0.1) is 11.7 Å². The van der Waals surface area contributed by atoms with Gasteiger partial charge < -0.3 is 20.1 Å². The van der Waals surface area contributed by atoms with E-state index in [1.54, 1.807) is 54.1 Å². The summed E-state index contributed by atoms with van der Waals surface area (Å²) in [4.78, 5) is 26.6. The van der Waals surface area contributed by atoms with Crippen LogP contribution in [0.15, 0.2) is 72.9 Å². The molecule has 8 nitrogen and oxygen atoms in total. The van der Waals surface area contributed by atoms with Crippen LogP contribution in [0.1, 0.15) is 18.5 Å². The van der Waals surface area contributed by atoms with E-state index in [1.165, 1.54) is 12.1 Å². The van der Waals surface area contributed by atoms with Crippen molar-refractivity contribution in [3.05, 3.63) is 84.3 Å². The van der Waals surface area contributed by atoms with Crippen molar-refractivity contribution in [3.8, 4) is 11.4 Å². The fourth-order valence-electron chi connectivity index (χ4n) is 4.69. The zero-order valence-electron chi connectivity index (χ0n) is 19.1. The fraction of sp³-hybridized carbons (Fsp3) is 0.192. The summed E-state index contributed by atoms with van der Waals surface area (Å²) in [5.41, 5.74) is 2.91. The first kappa shape index (κ1) is 22.4. The number of fused-ring (bicyclic) bond motifs is 1. The number of aromatic nitrogens is 2. The van der Waals surface area contributed by atoms with Gasteiger partial charge in [-0.05, 0) is 60.2 Å². The summed E-state index contributed by atoms with van der Waals surface area (Å²) >= 11 is 0. The Morgan fingerprint density at radius 3 is 2.40 bits per heavy atom. The number of anilines is 1. The fourth-order valence-corrected chi connectivity index (χ4v) is 4.69. The molecule has 4 aromatic rings. The summed E-state index contributed by atoms with van der Waals surface area (Å²) in [7, 11) is 1.57. The Morgan fingerprint density at radius 2 is 1.74 bits per heavy atom. The molecule has 2 heterocycles. The van der Waals surface area contributed by atoms with Crippen LogP contribution in [0.25, 0.3) is 16.6 Å². The molecule has 178 valence electrons. The highest BCUT2D eigenvalue weighted by Crippen LogP contribution is 2.41. The number of carbonyl (C=O) groups excluding carboxylic acids is 1. The molecule has 0 aliphatic carbocycles. The molecule has 5 rings (SSSR count). The topological polar surface area (TPSA) is 96.7 Å². The lowest BCUT2D eigenvalue weighted by Gasteiger charge is -2.29. The second-order valence-corrected chi connectivity index (χ2v) is 8.47. The van der Waals surface area contributed by atoms with Crippen LogP contribution in [0.5, 0.6) is 5.75 Å². The van der Waals surface area contributed by atoms with E-state index in [2.05, 4.69) is 10.4 Å². The minimum absolute atomic E-state index is 0.185. The molecule has 2 N–H and O–H groups in total. The molecule has 0 saturated carbocycles. The zero-order chi connectivity index (χ0) is 24.7. The number of hydrogen-bond acceptors (Lipinski definition) is 4. The van der Waals surface area contributed by atoms with Gasteiger partial charge in [-0.2, -0.15) is 5.10 Å². The first-order chi connectivity index (χ1) is 16.9. The highest BCUT2D eigenvalue weighted by atomic mass is 19.1. The third kappa shape index (κ3) is 3.95. The monoisotopic (exact) mass is 474 g/mol. The van der Waals surface area contributed by atoms with Crippen LogP contribution in [0.3, 0.4) is 0 Å². The first-order valence-electron chi connectivity index (χ1n) is 11.1. The molecule has 1 aliphatic rings. The molecule has 3 aromatic carbocycles. The Hall–Kier alpha value is -4.40. The van der Waals surface area contributed by atoms with Crippen molar-refractivity contribution >= 4 is 28.6 Å². The van der Waals surface area contributed by atoms with Crippen LogP contribution in [0.2, 0.25) is 0 Å². The third-order valence-electron chi connectivity index (χ3n) is 6.43. The lowest BCUT2D eigenvalue weighted by Crippen LogP contribution is -2.41. The second kappa shape index (κ2) is 8.75. The van der Waals surface area contributed by atoms with Crippen LogP contribution in [-0.4, -0.2) is 40.0 Å². The van der Waals surface area contributed by atoms with Gasteiger partial charge in [-0.1, -0.05) is 19.1 Å². The first-order valence-corrected chi connectivity index (χ1v) is 11.1. The molecule has 9 heteroatoms. The maximum Gasteiger partial charge on any atom is 0.404 e. The number of amides is 2. The third-order valence-corrected chi connectivity index (χ3v) is 6.43. The standard InChI is InChI=1S/C26H23FN4O4/c1-15-23(29-26(33)34)24(16-3-10-21(35-2)11-4-16)30(25(15)32)20-9-12-22-17(13-20)14-28-31(22)19-7-5-18(27)6-8-19/h3-15,23-24,29H,1-2H3,(H,33,34)/t15-,23-,24+/m0/s1. The summed E-state index contributed by atoms with van der Waals surface area (Å²) in [6.45, 7) is 1.73. The summed E-state index contributed by atoms with van der Waals surface area (Å²) < 4.78 is 20.3. The van der Waals surface area contributed by atoms with Crippen molar-refractivity contribution in [1.29, 1.82) is 0 Å². The number of rotatable bonds is 5. The van der Waals surface area contributed by atoms with E-state index < -0.39 is 24.1 Å². The Morgan fingerprint density at radius 1 is 1.06 bits per heavy atom. The Labute approximate surface area is 200 Å². The van der Waals surface area contributed by atoms with Gasteiger partial charge in [-0.3, -0.25) is 4.79 Å². The Kier molecular flexibility index (Phi) is 5.60. The molecule has 0 unspecified atom stereocenters. The van der Waals surface area contributed by atoms with E-state index in [9.17, 15) is 19.1 Å². The number of ether oxygens (including phenoxy) is 1. The molecule has 0 radical (unpaired) electrons. The van der Waals surface area contributed by atoms with Gasteiger partial charge in [-0.25, -0.2) is 13.9 Å². The van der Waals surface area contributed by atoms with Crippen molar-refractivity contribution in [2.24, 2.45) is 5.92 Å². The number of halogens is 1. The van der Waals surface area contributed by atoms with Crippen LogP contribution in [-0.2, 0) is 4.79 Å². The van der Waals surface area contributed by atoms with Gasteiger partial charge in [0.05, 0.1) is 42.5 Å². The maximum atomic E-state index is 13.4. The highest BCUT2D eigenvalue weighted by molar-refractivity contribution is 6.01. The highest BCUT2D eigenvalue weighted by Gasteiger charge is 2.48. The van der Waals surface area contributed by atoms with Gasteiger partial charge in [0, 0.05) is 11.1 Å². The number of nitrogens with one attached hydrogen (secondary N) is 1. The quantitative estimate of drug-likeness (QED) is 0.443. The van der Waals surface area contributed by atoms with Gasteiger partial charge in [0.2, 0.25) is 5.91 Å². The molecule has 3 atom stereocenters. The smallest absolute Gasteiger partial charge is 0.404 e. The number of hydrogen-bond donors (Lipinski definition) is 2. The normalized spacial score (nSPS) is 19.8. The summed E-state index contributed by atoms with van der Waals surface area (Å²) in [5, 5.41) is 17.2. The van der Waals surface area contributed by atoms with E-state index in [4.69, 9.17) is 4.74 Å². The minimum Gasteiger partial charge on any atom is -0.497 e. The lowest BCUT2D eigenvalue weighted by atomic mass is 9.94. The van der Waals surface area contributed by atoms with E-state index in [1.807, 2.05) is 30.3 Å². The van der Waals surface area contributed by atoms with Crippen molar-refractivity contribution in [2.75, 3.05) is 12.0 Å². The van der Waals surface area contributed by atoms with Gasteiger partial charge in [0.25, 0.3) is 0 Å². The van der Waals surface area contributed by atoms with Crippen molar-refractivity contribution in [1.82, 2.24) is 15.1 Å². The number of carbonyl (C=O) groups is 2. The Bertz CT molecular complexity index is 1400. The van der Waals surface area contributed by atoms with Crippen LogP contribution < -0.4 is 15.0 Å². The molecule has 1 aromatic heterocycles. The molecule has 0 spiro atoms. The predicted octanol–water partition coefficient (Wildman–Crippen LogP) is 4.53. The molecule has 1 fully saturated rings. The summed E-state index contributed by atoms with van der Waals surface area (Å²) in [6.07, 6.45) is 0.493. The summed E-state index contributed by atoms with van der Waals surface area (Å²) in [5.74, 6) is -0.427. The van der Waals surface area contributed by atoms with E-state index in [-0.39, 0.29) is 11.7 Å². The average molecular weight is 474 g/mol. The summed E-state index contributed by atoms with van der Waals surface area (Å²) in [6, 6.07) is 17.6. The van der Waals surface area contributed by atoms with Gasteiger partial charge in [0.1, 0.15) is 11.6 Å². The molecule has 2 amide bonds. The number of methoxy groups -OCH3 is 1. The molecule has 35 heavy (non-hydrogen) atoms. The number of carboxylic acid groups (broad SMARTS) is 1. The van der Waals surface area contributed by atoms with E-state index in [0.29, 0.717) is 17.1 Å². The van der Waals surface area contributed by atoms with Gasteiger partial charge >= 0.3 is 6.09 Å². The van der Waals surface area contributed by atoms with Crippen molar-refractivity contribution in [3.63, 3.8) is 0 Å². The van der Waals surface area contributed by atoms with Gasteiger partial charge in [0.15, 0.2) is 0 Å². The molecular formula is C26H23FN4O4. The maximum absolute atomic E-state index is 13.4. The SMILES string of the molecule is COc1ccc([C@@H]2[C@@H](NC(=O)O)[C@H](C)C(=O)N2c2ccc3c(cnn3-c3ccc(F)cc3)c2)cc1. The largest absolute Gasteiger partial charge is 0.497 e. The predicted molar refractivity (Wildman–Crippen MR) is 128 cm³/mol. The average Bonchev–Trinajstić information content (AvgIpc) is 3.38. The number of nitrogens with zero attached hydrogens (tertiary/aromatic N) is 3. The molecule has 1 saturated heterocycles. The number of benzene rings is 3. The Balaban J connectivity index is 1.58. The van der Waals surface area contributed by atoms with E-state index in [0.717, 1.165) is 16.5 Å². The van der Waals surface area contributed by atoms with Crippen LogP contribution >= 0.6 is 0 Å². The van der Waals surface area contributed by atoms with Crippen molar-refractivity contribution in [2.45, 2.75) is 19.0 Å². The lowest BCUT2D eigenvalue weighted by molar-refractivity contribution is -0.120. The molecule has 1 aliphatic heterocycles. The molecular weight excluding hydrogens is 451 g/mol. The van der Waals surface area contributed by atoms with Gasteiger partial charge in [-0.15, -0.1) is 0 Å². The minimum atomic E-state index is -1.19. The molecule has 0 bridgehead atoms.